The van der Waals surface area contributed by atoms with Gasteiger partial charge in [-0.15, -0.1) is 0 Å². The summed E-state index contributed by atoms with van der Waals surface area (Å²) in [7, 11) is 0. The maximum absolute atomic E-state index is 11.2. The zero-order valence-electron chi connectivity index (χ0n) is 20.2. The molecule has 0 aliphatic heterocycles. The first-order chi connectivity index (χ1) is 17.2. The van der Waals surface area contributed by atoms with Crippen molar-refractivity contribution in [2.45, 2.75) is 33.3 Å². The average Bonchev–Trinajstić information content (AvgIpc) is 3.26. The van der Waals surface area contributed by atoms with Crippen LogP contribution < -0.4 is 4.74 Å². The molecule has 4 aromatic rings. The molecule has 0 unspecified atom stereocenters. The third-order valence-electron chi connectivity index (χ3n) is 5.88. The molecule has 1 N–H and O–H groups in total. The predicted molar refractivity (Wildman–Crippen MR) is 146 cm³/mol. The summed E-state index contributed by atoms with van der Waals surface area (Å²) in [5.74, 6) is 0.0273. The van der Waals surface area contributed by atoms with E-state index in [0.717, 1.165) is 33.7 Å². The standard InChI is InChI=1S/C29H26Cl2N2O3/c1-18(2)24-16-32-33(28-25(30)8-5-9-26(28)31)27(24)17-36-23-13-12-21(19(3)14-23)11-10-20-6-4-7-22(15-20)29(34)35/h4-16,18H,17H2,1-3H3,(H,34,35)/b11-10+. The third kappa shape index (κ3) is 5.64. The van der Waals surface area contributed by atoms with E-state index in [1.165, 1.54) is 0 Å². The van der Waals surface area contributed by atoms with Gasteiger partial charge in [0.05, 0.1) is 27.5 Å². The Labute approximate surface area is 220 Å². The van der Waals surface area contributed by atoms with Crippen molar-refractivity contribution in [3.05, 3.63) is 110 Å². The molecule has 0 aliphatic rings. The first-order valence-electron chi connectivity index (χ1n) is 11.5. The normalized spacial score (nSPS) is 11.4. The van der Waals surface area contributed by atoms with E-state index in [4.69, 9.17) is 27.9 Å². The Morgan fingerprint density at radius 1 is 1.06 bits per heavy atom. The van der Waals surface area contributed by atoms with Gasteiger partial charge in [-0.3, -0.25) is 0 Å². The SMILES string of the molecule is Cc1cc(OCc2c(C(C)C)cnn2-c2c(Cl)cccc2Cl)ccc1/C=C/c1cccc(C(=O)O)c1. The van der Waals surface area contributed by atoms with Crippen molar-refractivity contribution in [3.63, 3.8) is 0 Å². The number of aryl methyl sites for hydroxylation is 1. The van der Waals surface area contributed by atoms with Crippen LogP contribution in [0.5, 0.6) is 5.75 Å². The van der Waals surface area contributed by atoms with E-state index in [9.17, 15) is 9.90 Å². The average molecular weight is 521 g/mol. The number of carboxylic acids is 1. The number of hydrogen-bond donors (Lipinski definition) is 1. The third-order valence-corrected chi connectivity index (χ3v) is 6.49. The molecule has 0 saturated carbocycles. The summed E-state index contributed by atoms with van der Waals surface area (Å²) in [6, 6.07) is 18.1. The zero-order valence-corrected chi connectivity index (χ0v) is 21.7. The number of aromatic nitrogens is 2. The van der Waals surface area contributed by atoms with E-state index in [-0.39, 0.29) is 11.5 Å². The van der Waals surface area contributed by atoms with E-state index in [2.05, 4.69) is 18.9 Å². The Morgan fingerprint density at radius 2 is 1.78 bits per heavy atom. The summed E-state index contributed by atoms with van der Waals surface area (Å²) in [6.07, 6.45) is 5.70. The van der Waals surface area contributed by atoms with Gasteiger partial charge < -0.3 is 9.84 Å². The molecular formula is C29H26Cl2N2O3. The summed E-state index contributed by atoms with van der Waals surface area (Å²) in [6.45, 7) is 6.52. The number of ether oxygens (including phenoxy) is 1. The molecule has 0 bridgehead atoms. The van der Waals surface area contributed by atoms with Crippen molar-refractivity contribution >= 4 is 41.3 Å². The summed E-state index contributed by atoms with van der Waals surface area (Å²) in [5.41, 5.74) is 5.71. The Hall–Kier alpha value is -3.54. The van der Waals surface area contributed by atoms with Crippen LogP contribution in [-0.4, -0.2) is 20.9 Å². The summed E-state index contributed by atoms with van der Waals surface area (Å²) in [4.78, 5) is 11.2. The molecule has 36 heavy (non-hydrogen) atoms. The lowest BCUT2D eigenvalue weighted by Gasteiger charge is -2.15. The largest absolute Gasteiger partial charge is 0.487 e. The van der Waals surface area contributed by atoms with Crippen LogP contribution in [0.3, 0.4) is 0 Å². The van der Waals surface area contributed by atoms with Crippen LogP contribution in [-0.2, 0) is 6.61 Å². The van der Waals surface area contributed by atoms with Crippen molar-refractivity contribution in [3.8, 4) is 11.4 Å². The molecule has 0 fully saturated rings. The van der Waals surface area contributed by atoms with E-state index in [1.54, 1.807) is 41.1 Å². The molecular weight excluding hydrogens is 495 g/mol. The molecule has 4 rings (SSSR count). The molecule has 0 spiro atoms. The van der Waals surface area contributed by atoms with Gasteiger partial charge in [0.25, 0.3) is 0 Å². The fourth-order valence-electron chi connectivity index (χ4n) is 3.94. The number of carboxylic acid groups (broad SMARTS) is 1. The van der Waals surface area contributed by atoms with Gasteiger partial charge in [-0.25, -0.2) is 9.48 Å². The van der Waals surface area contributed by atoms with Gasteiger partial charge in [0.15, 0.2) is 0 Å². The molecule has 0 atom stereocenters. The predicted octanol–water partition coefficient (Wildman–Crippen LogP) is 8.06. The lowest BCUT2D eigenvalue weighted by Crippen LogP contribution is -2.09. The molecule has 1 heterocycles. The van der Waals surface area contributed by atoms with Gasteiger partial charge in [0, 0.05) is 0 Å². The highest BCUT2D eigenvalue weighted by atomic mass is 35.5. The van der Waals surface area contributed by atoms with Gasteiger partial charge in [0.2, 0.25) is 0 Å². The number of para-hydroxylation sites is 1. The van der Waals surface area contributed by atoms with Crippen LogP contribution in [0.4, 0.5) is 0 Å². The van der Waals surface area contributed by atoms with E-state index in [0.29, 0.717) is 22.3 Å². The molecule has 0 radical (unpaired) electrons. The first-order valence-corrected chi connectivity index (χ1v) is 12.3. The van der Waals surface area contributed by atoms with Gasteiger partial charge >= 0.3 is 5.97 Å². The van der Waals surface area contributed by atoms with Gasteiger partial charge in [-0.1, -0.05) is 73.5 Å². The van der Waals surface area contributed by atoms with Gasteiger partial charge in [0.1, 0.15) is 18.0 Å². The van der Waals surface area contributed by atoms with Crippen LogP contribution in [0, 0.1) is 6.92 Å². The first kappa shape index (κ1) is 25.5. The minimum absolute atomic E-state index is 0.243. The van der Waals surface area contributed by atoms with Crippen LogP contribution in [0.25, 0.3) is 17.8 Å². The number of nitrogens with zero attached hydrogens (tertiary/aromatic N) is 2. The Morgan fingerprint density at radius 3 is 2.44 bits per heavy atom. The Kier molecular flexibility index (Phi) is 7.82. The molecule has 3 aromatic carbocycles. The molecule has 7 heteroatoms. The summed E-state index contributed by atoms with van der Waals surface area (Å²) >= 11 is 12.9. The number of hydrogen-bond acceptors (Lipinski definition) is 3. The van der Waals surface area contributed by atoms with Crippen molar-refractivity contribution in [1.29, 1.82) is 0 Å². The fraction of sp³-hybridized carbons (Fsp3) is 0.172. The monoisotopic (exact) mass is 520 g/mol. The van der Waals surface area contributed by atoms with Crippen molar-refractivity contribution < 1.29 is 14.6 Å². The van der Waals surface area contributed by atoms with Gasteiger partial charge in [-0.2, -0.15) is 5.10 Å². The number of carbonyl (C=O) groups is 1. The quantitative estimate of drug-likeness (QED) is 0.238. The Bertz CT molecular complexity index is 1420. The molecule has 0 aliphatic carbocycles. The van der Waals surface area contributed by atoms with Crippen LogP contribution >= 0.6 is 23.2 Å². The highest BCUT2D eigenvalue weighted by Crippen LogP contribution is 2.32. The molecule has 1 aromatic heterocycles. The lowest BCUT2D eigenvalue weighted by molar-refractivity contribution is 0.0697. The smallest absolute Gasteiger partial charge is 0.335 e. The van der Waals surface area contributed by atoms with Gasteiger partial charge in [-0.05, 0) is 71.5 Å². The minimum Gasteiger partial charge on any atom is -0.487 e. The summed E-state index contributed by atoms with van der Waals surface area (Å²) in [5, 5.41) is 14.8. The van der Waals surface area contributed by atoms with E-state index >= 15 is 0 Å². The molecule has 0 saturated heterocycles. The number of rotatable bonds is 8. The van der Waals surface area contributed by atoms with Crippen molar-refractivity contribution in [2.75, 3.05) is 0 Å². The maximum atomic E-state index is 11.2. The number of halogens is 2. The fourth-order valence-corrected chi connectivity index (χ4v) is 4.49. The highest BCUT2D eigenvalue weighted by molar-refractivity contribution is 6.37. The molecule has 0 amide bonds. The van der Waals surface area contributed by atoms with E-state index < -0.39 is 5.97 Å². The molecule has 5 nitrogen and oxygen atoms in total. The maximum Gasteiger partial charge on any atom is 0.335 e. The second kappa shape index (κ2) is 11.0. The van der Waals surface area contributed by atoms with Crippen LogP contribution in [0.15, 0.2) is 66.9 Å². The van der Waals surface area contributed by atoms with Crippen LogP contribution in [0.1, 0.15) is 58.1 Å². The van der Waals surface area contributed by atoms with Crippen molar-refractivity contribution in [2.24, 2.45) is 0 Å². The topological polar surface area (TPSA) is 64.4 Å². The summed E-state index contributed by atoms with van der Waals surface area (Å²) < 4.78 is 7.95. The second-order valence-corrected chi connectivity index (χ2v) is 9.57. The number of benzene rings is 3. The highest BCUT2D eigenvalue weighted by Gasteiger charge is 2.19. The van der Waals surface area contributed by atoms with Crippen LogP contribution in [0.2, 0.25) is 10.0 Å². The van der Waals surface area contributed by atoms with Crippen molar-refractivity contribution in [1.82, 2.24) is 9.78 Å². The lowest BCUT2D eigenvalue weighted by atomic mass is 10.0. The molecule has 184 valence electrons. The second-order valence-electron chi connectivity index (χ2n) is 8.75. The Balaban J connectivity index is 1.55. The zero-order chi connectivity index (χ0) is 25.8. The van der Waals surface area contributed by atoms with E-state index in [1.807, 2.05) is 49.5 Å². The number of aromatic carboxylic acids is 1. The minimum atomic E-state index is -0.943.